The lowest BCUT2D eigenvalue weighted by Crippen LogP contribution is -2.41. The predicted molar refractivity (Wildman–Crippen MR) is 91.5 cm³/mol. The number of sulfonamides is 1. The maximum absolute atomic E-state index is 11.9. The molecule has 1 saturated carbocycles. The van der Waals surface area contributed by atoms with Crippen molar-refractivity contribution in [3.05, 3.63) is 35.9 Å². The molecule has 6 heteroatoms. The Hall–Kier alpha value is -1.40. The molecule has 0 aromatic heterocycles. The Morgan fingerprint density at radius 3 is 2.48 bits per heavy atom. The van der Waals surface area contributed by atoms with Gasteiger partial charge in [-0.15, -0.1) is 0 Å². The zero-order valence-corrected chi connectivity index (χ0v) is 14.5. The largest absolute Gasteiger partial charge is 0.355 e. The third-order valence-electron chi connectivity index (χ3n) is 4.32. The summed E-state index contributed by atoms with van der Waals surface area (Å²) in [7, 11) is -3.25. The number of carbonyl (C=O) groups excluding carboxylic acids is 1. The molecule has 1 amide bonds. The second-order valence-electron chi connectivity index (χ2n) is 6.17. The minimum absolute atomic E-state index is 0.0639. The van der Waals surface area contributed by atoms with Crippen molar-refractivity contribution >= 4 is 15.9 Å². The Morgan fingerprint density at radius 1 is 1.22 bits per heavy atom. The van der Waals surface area contributed by atoms with Gasteiger partial charge in [0.1, 0.15) is 0 Å². The summed E-state index contributed by atoms with van der Waals surface area (Å²) in [5.74, 6) is 0.203. The highest BCUT2D eigenvalue weighted by atomic mass is 32.2. The van der Waals surface area contributed by atoms with Gasteiger partial charge in [0.15, 0.2) is 0 Å². The van der Waals surface area contributed by atoms with Crippen LogP contribution in [0.25, 0.3) is 0 Å². The normalized spacial score (nSPS) is 15.4. The lowest BCUT2D eigenvalue weighted by atomic mass is 9.85. The number of amides is 1. The molecule has 1 N–H and O–H groups in total. The third kappa shape index (κ3) is 5.95. The van der Waals surface area contributed by atoms with Crippen LogP contribution in [0.4, 0.5) is 0 Å². The van der Waals surface area contributed by atoms with Crippen LogP contribution in [0.5, 0.6) is 0 Å². The summed E-state index contributed by atoms with van der Waals surface area (Å²) in [6, 6.07) is 10.0. The predicted octanol–water partition coefficient (Wildman–Crippen LogP) is 1.80. The van der Waals surface area contributed by atoms with Crippen molar-refractivity contribution in [2.45, 2.75) is 32.1 Å². The first-order chi connectivity index (χ1) is 11.0. The van der Waals surface area contributed by atoms with Crippen LogP contribution in [0, 0.1) is 5.92 Å². The van der Waals surface area contributed by atoms with E-state index in [1.807, 2.05) is 30.3 Å². The van der Waals surface area contributed by atoms with Crippen molar-refractivity contribution < 1.29 is 13.2 Å². The average molecular weight is 338 g/mol. The van der Waals surface area contributed by atoms with Gasteiger partial charge >= 0.3 is 0 Å². The van der Waals surface area contributed by atoms with Crippen molar-refractivity contribution in [2.75, 3.05) is 25.9 Å². The van der Waals surface area contributed by atoms with Crippen LogP contribution in [-0.2, 0) is 21.2 Å². The van der Waals surface area contributed by atoms with Gasteiger partial charge in [-0.05, 0) is 31.2 Å². The van der Waals surface area contributed by atoms with E-state index in [0.29, 0.717) is 19.6 Å². The topological polar surface area (TPSA) is 66.5 Å². The Morgan fingerprint density at radius 2 is 1.91 bits per heavy atom. The molecule has 2 rings (SSSR count). The second-order valence-corrected chi connectivity index (χ2v) is 8.15. The highest BCUT2D eigenvalue weighted by molar-refractivity contribution is 7.88. The first kappa shape index (κ1) is 17.9. The zero-order chi connectivity index (χ0) is 16.7. The van der Waals surface area contributed by atoms with Crippen molar-refractivity contribution in [2.24, 2.45) is 5.92 Å². The minimum atomic E-state index is -3.25. The molecule has 1 aromatic carbocycles. The number of nitrogens with zero attached hydrogens (tertiary/aromatic N) is 1. The summed E-state index contributed by atoms with van der Waals surface area (Å²) in [6.45, 7) is 1.20. The van der Waals surface area contributed by atoms with Crippen LogP contribution >= 0.6 is 0 Å². The molecule has 0 heterocycles. The Labute approximate surface area is 139 Å². The van der Waals surface area contributed by atoms with E-state index in [9.17, 15) is 13.2 Å². The van der Waals surface area contributed by atoms with E-state index in [-0.39, 0.29) is 11.8 Å². The molecular weight excluding hydrogens is 312 g/mol. The van der Waals surface area contributed by atoms with Crippen molar-refractivity contribution in [1.29, 1.82) is 0 Å². The molecule has 5 nitrogen and oxygen atoms in total. The molecule has 0 unspecified atom stereocenters. The first-order valence-corrected chi connectivity index (χ1v) is 10.1. The van der Waals surface area contributed by atoms with Gasteiger partial charge in [0, 0.05) is 25.6 Å². The Bertz CT molecular complexity index is 598. The highest BCUT2D eigenvalue weighted by Gasteiger charge is 2.25. The van der Waals surface area contributed by atoms with Crippen molar-refractivity contribution in [3.63, 3.8) is 0 Å². The maximum Gasteiger partial charge on any atom is 0.223 e. The van der Waals surface area contributed by atoms with Gasteiger partial charge in [0.25, 0.3) is 0 Å². The fraction of sp³-hybridized carbons (Fsp3) is 0.588. The summed E-state index contributed by atoms with van der Waals surface area (Å²) in [5.41, 5.74) is 1.21. The van der Waals surface area contributed by atoms with Crippen LogP contribution < -0.4 is 5.32 Å². The number of nitrogens with one attached hydrogen (secondary N) is 1. The molecule has 1 fully saturated rings. The first-order valence-electron chi connectivity index (χ1n) is 8.23. The van der Waals surface area contributed by atoms with Gasteiger partial charge < -0.3 is 5.32 Å². The monoisotopic (exact) mass is 338 g/mol. The van der Waals surface area contributed by atoms with Crippen LogP contribution in [0.2, 0.25) is 0 Å². The van der Waals surface area contributed by atoms with E-state index in [1.165, 1.54) is 16.1 Å². The molecule has 1 aliphatic rings. The number of benzene rings is 1. The Kier molecular flexibility index (Phi) is 6.59. The summed E-state index contributed by atoms with van der Waals surface area (Å²) in [4.78, 5) is 11.8. The quantitative estimate of drug-likeness (QED) is 0.746. The van der Waals surface area contributed by atoms with Crippen LogP contribution in [0.1, 0.15) is 31.2 Å². The fourth-order valence-corrected chi connectivity index (χ4v) is 3.55. The zero-order valence-electron chi connectivity index (χ0n) is 13.7. The molecule has 0 atom stereocenters. The van der Waals surface area contributed by atoms with E-state index < -0.39 is 10.0 Å². The number of rotatable bonds is 9. The van der Waals surface area contributed by atoms with Crippen molar-refractivity contribution in [1.82, 2.24) is 9.62 Å². The summed E-state index contributed by atoms with van der Waals surface area (Å²) in [6.07, 6.45) is 5.88. The minimum Gasteiger partial charge on any atom is -0.355 e. The lowest BCUT2D eigenvalue weighted by molar-refractivity contribution is -0.127. The third-order valence-corrected chi connectivity index (χ3v) is 5.62. The molecule has 0 bridgehead atoms. The highest BCUT2D eigenvalue weighted by Crippen LogP contribution is 2.26. The molecule has 0 spiro atoms. The van der Waals surface area contributed by atoms with E-state index in [1.54, 1.807) is 0 Å². The fourth-order valence-electron chi connectivity index (χ4n) is 2.67. The molecule has 0 radical (unpaired) electrons. The van der Waals surface area contributed by atoms with E-state index in [4.69, 9.17) is 0 Å². The number of carbonyl (C=O) groups is 1. The average Bonchev–Trinajstić information content (AvgIpc) is 2.44. The van der Waals surface area contributed by atoms with Gasteiger partial charge in [-0.25, -0.2) is 12.7 Å². The summed E-state index contributed by atoms with van der Waals surface area (Å²) >= 11 is 0. The van der Waals surface area contributed by atoms with Gasteiger partial charge in [-0.3, -0.25) is 4.79 Å². The second kappa shape index (κ2) is 8.45. The molecule has 1 aliphatic carbocycles. The van der Waals surface area contributed by atoms with E-state index in [2.05, 4.69) is 5.32 Å². The van der Waals surface area contributed by atoms with E-state index >= 15 is 0 Å². The number of hydrogen-bond acceptors (Lipinski definition) is 3. The van der Waals surface area contributed by atoms with Gasteiger partial charge in [0.05, 0.1) is 6.26 Å². The summed E-state index contributed by atoms with van der Waals surface area (Å²) in [5, 5.41) is 2.85. The molecule has 0 aliphatic heterocycles. The lowest BCUT2D eigenvalue weighted by Gasteiger charge is -2.25. The number of hydrogen-bond donors (Lipinski definition) is 1. The smallest absolute Gasteiger partial charge is 0.223 e. The van der Waals surface area contributed by atoms with E-state index in [0.717, 1.165) is 32.1 Å². The van der Waals surface area contributed by atoms with Gasteiger partial charge in [-0.1, -0.05) is 36.8 Å². The molecular formula is C17H26N2O3S. The van der Waals surface area contributed by atoms with Gasteiger partial charge in [0.2, 0.25) is 15.9 Å². The molecule has 1 aromatic rings. The van der Waals surface area contributed by atoms with Crippen LogP contribution in [-0.4, -0.2) is 44.5 Å². The SMILES string of the molecule is CS(=O)(=O)N(CCCc1ccccc1)CCNC(=O)C1CCC1. The molecule has 0 saturated heterocycles. The van der Waals surface area contributed by atoms with Crippen LogP contribution in [0.3, 0.4) is 0 Å². The van der Waals surface area contributed by atoms with Crippen LogP contribution in [0.15, 0.2) is 30.3 Å². The number of aryl methyl sites for hydroxylation is 1. The standard InChI is InChI=1S/C17H26N2O3S/c1-23(21,22)19(13-6-9-15-7-3-2-4-8-15)14-12-18-17(20)16-10-5-11-16/h2-4,7-8,16H,5-6,9-14H2,1H3,(H,18,20). The summed E-state index contributed by atoms with van der Waals surface area (Å²) < 4.78 is 25.2. The van der Waals surface area contributed by atoms with Gasteiger partial charge in [-0.2, -0.15) is 0 Å². The maximum atomic E-state index is 11.9. The Balaban J connectivity index is 1.74. The molecule has 128 valence electrons. The van der Waals surface area contributed by atoms with Crippen molar-refractivity contribution in [3.8, 4) is 0 Å². The molecule has 23 heavy (non-hydrogen) atoms.